The molecular formula is C25H35N5O2. The normalized spacial score (nSPS) is 27.2. The van der Waals surface area contributed by atoms with Crippen molar-refractivity contribution >= 4 is 22.8 Å². The van der Waals surface area contributed by atoms with Gasteiger partial charge in [0.25, 0.3) is 5.56 Å². The molecular weight excluding hydrogens is 402 g/mol. The quantitative estimate of drug-likeness (QED) is 0.746. The van der Waals surface area contributed by atoms with Gasteiger partial charge in [0.05, 0.1) is 17.6 Å². The van der Waals surface area contributed by atoms with Crippen molar-refractivity contribution in [3.8, 4) is 0 Å². The first-order valence-corrected chi connectivity index (χ1v) is 12.4. The summed E-state index contributed by atoms with van der Waals surface area (Å²) >= 11 is 0. The van der Waals surface area contributed by atoms with Crippen molar-refractivity contribution in [1.29, 1.82) is 0 Å². The van der Waals surface area contributed by atoms with Gasteiger partial charge in [-0.1, -0.05) is 44.2 Å². The highest BCUT2D eigenvalue weighted by Gasteiger charge is 2.44. The molecule has 1 amide bonds. The Morgan fingerprint density at radius 3 is 2.28 bits per heavy atom. The van der Waals surface area contributed by atoms with E-state index < -0.39 is 5.91 Å². The molecule has 2 aromatic rings. The van der Waals surface area contributed by atoms with Crippen molar-refractivity contribution in [2.24, 2.45) is 5.73 Å². The number of benzene rings is 1. The molecule has 2 bridgehead atoms. The highest BCUT2D eigenvalue weighted by Crippen LogP contribution is 2.44. The summed E-state index contributed by atoms with van der Waals surface area (Å²) in [4.78, 5) is 32.1. The lowest BCUT2D eigenvalue weighted by Gasteiger charge is -2.45. The first kappa shape index (κ1) is 21.4. The molecule has 3 N–H and O–H groups in total. The van der Waals surface area contributed by atoms with E-state index in [-0.39, 0.29) is 24.0 Å². The molecule has 7 nitrogen and oxygen atoms in total. The first-order chi connectivity index (χ1) is 15.6. The number of piperidine rings is 1. The monoisotopic (exact) mass is 437 g/mol. The van der Waals surface area contributed by atoms with E-state index >= 15 is 0 Å². The number of nitrogens with zero attached hydrogens (tertiary/aromatic N) is 3. The van der Waals surface area contributed by atoms with Crippen LogP contribution in [0.3, 0.4) is 0 Å². The molecule has 32 heavy (non-hydrogen) atoms. The number of para-hydroxylation sites is 2. The Kier molecular flexibility index (Phi) is 6.17. The molecule has 3 fully saturated rings. The molecule has 0 unspecified atom stereocenters. The molecule has 172 valence electrons. The summed E-state index contributed by atoms with van der Waals surface area (Å²) in [6.07, 6.45) is 14.0. The van der Waals surface area contributed by atoms with Crippen LogP contribution in [-0.4, -0.2) is 45.0 Å². The molecule has 5 rings (SSSR count). The summed E-state index contributed by atoms with van der Waals surface area (Å²) in [6.45, 7) is -0.0913. The Labute approximate surface area is 189 Å². The Bertz CT molecular complexity index is 1010. The zero-order chi connectivity index (χ0) is 22.1. The van der Waals surface area contributed by atoms with Crippen LogP contribution < -0.4 is 16.6 Å². The van der Waals surface area contributed by atoms with Crippen LogP contribution in [0.2, 0.25) is 0 Å². The number of aromatic nitrogens is 2. The molecule has 0 spiro atoms. The minimum atomic E-state index is -0.503. The smallest absolute Gasteiger partial charge is 0.294 e. The van der Waals surface area contributed by atoms with E-state index in [1.807, 2.05) is 28.8 Å². The molecule has 2 saturated heterocycles. The highest BCUT2D eigenvalue weighted by molar-refractivity contribution is 5.80. The van der Waals surface area contributed by atoms with E-state index in [1.165, 1.54) is 57.8 Å². The van der Waals surface area contributed by atoms with E-state index in [1.54, 1.807) is 0 Å². The Morgan fingerprint density at radius 1 is 0.938 bits per heavy atom. The highest BCUT2D eigenvalue weighted by atomic mass is 16.1. The number of carbonyl (C=O) groups excluding carboxylic acids is 1. The van der Waals surface area contributed by atoms with E-state index in [9.17, 15) is 9.59 Å². The fraction of sp³-hybridized carbons (Fsp3) is 0.640. The van der Waals surface area contributed by atoms with E-state index in [2.05, 4.69) is 15.2 Å². The molecule has 3 aliphatic rings. The second kappa shape index (κ2) is 9.22. The molecule has 7 heteroatoms. The molecule has 0 radical (unpaired) electrons. The van der Waals surface area contributed by atoms with Crippen LogP contribution in [0.1, 0.15) is 76.7 Å². The third-order valence-corrected chi connectivity index (χ3v) is 7.85. The van der Waals surface area contributed by atoms with Crippen molar-refractivity contribution in [2.45, 2.75) is 94.8 Å². The summed E-state index contributed by atoms with van der Waals surface area (Å²) in [5.41, 5.74) is 6.80. The van der Waals surface area contributed by atoms with Crippen LogP contribution in [0.25, 0.3) is 11.0 Å². The van der Waals surface area contributed by atoms with Gasteiger partial charge in [-0.2, -0.15) is 0 Å². The molecule has 1 aromatic heterocycles. The predicted molar refractivity (Wildman–Crippen MR) is 127 cm³/mol. The maximum atomic E-state index is 13.5. The van der Waals surface area contributed by atoms with E-state index in [0.29, 0.717) is 18.1 Å². The number of rotatable bonds is 5. The number of hydrogen-bond donors (Lipinski definition) is 2. The van der Waals surface area contributed by atoms with Crippen molar-refractivity contribution < 1.29 is 4.79 Å². The van der Waals surface area contributed by atoms with Crippen LogP contribution >= 0.6 is 0 Å². The van der Waals surface area contributed by atoms with Crippen LogP contribution in [0, 0.1) is 0 Å². The summed E-state index contributed by atoms with van der Waals surface area (Å²) in [6, 6.07) is 9.81. The van der Waals surface area contributed by atoms with Gasteiger partial charge in [-0.3, -0.25) is 14.5 Å². The molecule has 1 aliphatic carbocycles. The maximum absolute atomic E-state index is 13.5. The number of primary amides is 1. The van der Waals surface area contributed by atoms with E-state index in [0.717, 1.165) is 23.9 Å². The van der Waals surface area contributed by atoms with Crippen molar-refractivity contribution in [3.63, 3.8) is 0 Å². The summed E-state index contributed by atoms with van der Waals surface area (Å²) in [5.74, 6) is -0.284. The van der Waals surface area contributed by atoms with Gasteiger partial charge >= 0.3 is 0 Å². The predicted octanol–water partition coefficient (Wildman–Crippen LogP) is 3.57. The SMILES string of the molecule is NC(=O)CNc1nc2ccccc2n([C@@H]2C[C@H]3CC[C@@H](C2)N3C2CCCCCCC2)c1=O. The zero-order valence-electron chi connectivity index (χ0n) is 18.8. The van der Waals surface area contributed by atoms with Gasteiger partial charge in [0.15, 0.2) is 5.82 Å². The largest absolute Gasteiger partial charge is 0.368 e. The van der Waals surface area contributed by atoms with Crippen LogP contribution in [-0.2, 0) is 4.79 Å². The topological polar surface area (TPSA) is 93.2 Å². The van der Waals surface area contributed by atoms with E-state index in [4.69, 9.17) is 5.73 Å². The lowest BCUT2D eigenvalue weighted by atomic mass is 9.89. The van der Waals surface area contributed by atoms with Crippen LogP contribution in [0.5, 0.6) is 0 Å². The van der Waals surface area contributed by atoms with Crippen molar-refractivity contribution in [3.05, 3.63) is 34.6 Å². The number of nitrogens with two attached hydrogens (primary N) is 1. The third-order valence-electron chi connectivity index (χ3n) is 7.85. The Balaban J connectivity index is 1.45. The molecule has 3 atom stereocenters. The average Bonchev–Trinajstić information content (AvgIpc) is 3.01. The standard InChI is InChI=1S/C25H35N5O2/c26-23(31)16-27-24-25(32)30(22-11-7-6-10-21(22)28-24)20-14-18-12-13-19(15-20)29(18)17-8-4-2-1-3-5-9-17/h6-7,10-11,17-20H,1-5,8-9,12-16H2,(H2,26,31)(H,27,28)/t18-,19+,20-. The van der Waals surface area contributed by atoms with Crippen LogP contribution in [0.4, 0.5) is 5.82 Å². The average molecular weight is 438 g/mol. The maximum Gasteiger partial charge on any atom is 0.294 e. The Hall–Kier alpha value is -2.41. The number of hydrogen-bond acceptors (Lipinski definition) is 5. The molecule has 3 heterocycles. The number of anilines is 1. The lowest BCUT2D eigenvalue weighted by Crippen LogP contribution is -2.50. The minimum absolute atomic E-state index is 0.0913. The fourth-order valence-electron chi connectivity index (χ4n) is 6.53. The van der Waals surface area contributed by atoms with Gasteiger partial charge in [0, 0.05) is 24.2 Å². The third kappa shape index (κ3) is 4.15. The summed E-state index contributed by atoms with van der Waals surface area (Å²) in [5, 5.41) is 2.87. The molecule has 1 aromatic carbocycles. The second-order valence-corrected chi connectivity index (χ2v) is 9.90. The summed E-state index contributed by atoms with van der Waals surface area (Å²) < 4.78 is 1.95. The van der Waals surface area contributed by atoms with Crippen LogP contribution in [0.15, 0.2) is 29.1 Å². The number of nitrogens with one attached hydrogen (secondary N) is 1. The van der Waals surface area contributed by atoms with Gasteiger partial charge in [0.1, 0.15) is 0 Å². The first-order valence-electron chi connectivity index (χ1n) is 12.4. The van der Waals surface area contributed by atoms with Gasteiger partial charge in [-0.05, 0) is 50.7 Å². The summed E-state index contributed by atoms with van der Waals surface area (Å²) in [7, 11) is 0. The van der Waals surface area contributed by atoms with Gasteiger partial charge < -0.3 is 15.6 Å². The minimum Gasteiger partial charge on any atom is -0.368 e. The van der Waals surface area contributed by atoms with Crippen molar-refractivity contribution in [1.82, 2.24) is 14.5 Å². The number of fused-ring (bicyclic) bond motifs is 3. The fourth-order valence-corrected chi connectivity index (χ4v) is 6.53. The van der Waals surface area contributed by atoms with Gasteiger partial charge in [0.2, 0.25) is 5.91 Å². The van der Waals surface area contributed by atoms with Gasteiger partial charge in [-0.25, -0.2) is 4.98 Å². The van der Waals surface area contributed by atoms with Gasteiger partial charge in [-0.15, -0.1) is 0 Å². The number of amides is 1. The Morgan fingerprint density at radius 2 is 1.59 bits per heavy atom. The van der Waals surface area contributed by atoms with Crippen molar-refractivity contribution in [2.75, 3.05) is 11.9 Å². The molecule has 1 saturated carbocycles. The zero-order valence-corrected chi connectivity index (χ0v) is 18.8. The lowest BCUT2D eigenvalue weighted by molar-refractivity contribution is -0.116. The second-order valence-electron chi connectivity index (χ2n) is 9.90. The molecule has 2 aliphatic heterocycles. The number of carbonyl (C=O) groups is 1.